The van der Waals surface area contributed by atoms with Crippen LogP contribution in [0.15, 0.2) is 55.0 Å². The highest BCUT2D eigenvalue weighted by atomic mass is 16.5. The molecule has 34 heavy (non-hydrogen) atoms. The Morgan fingerprint density at radius 1 is 1.26 bits per heavy atom. The number of anilines is 1. The Labute approximate surface area is 201 Å². The Morgan fingerprint density at radius 2 is 2.06 bits per heavy atom. The Balaban J connectivity index is 1.53. The van der Waals surface area contributed by atoms with Crippen molar-refractivity contribution in [3.05, 3.63) is 71.7 Å². The van der Waals surface area contributed by atoms with Gasteiger partial charge in [0.1, 0.15) is 11.8 Å². The van der Waals surface area contributed by atoms with E-state index >= 15 is 0 Å². The van der Waals surface area contributed by atoms with Gasteiger partial charge in [0.25, 0.3) is 0 Å². The van der Waals surface area contributed by atoms with Crippen molar-refractivity contribution in [2.75, 3.05) is 45.2 Å². The van der Waals surface area contributed by atoms with E-state index in [9.17, 15) is 4.79 Å². The second kappa shape index (κ2) is 11.3. The number of amides is 1. The van der Waals surface area contributed by atoms with E-state index in [0.717, 1.165) is 48.5 Å². The fourth-order valence-electron chi connectivity index (χ4n) is 4.49. The van der Waals surface area contributed by atoms with Crippen LogP contribution in [0.3, 0.4) is 0 Å². The molecule has 0 saturated heterocycles. The highest BCUT2D eigenvalue weighted by Gasteiger charge is 2.25. The summed E-state index contributed by atoms with van der Waals surface area (Å²) in [5, 5.41) is 8.01. The minimum Gasteiger partial charge on any atom is -0.382 e. The van der Waals surface area contributed by atoms with Gasteiger partial charge in [0.2, 0.25) is 5.91 Å². The monoisotopic (exact) mass is 462 g/mol. The lowest BCUT2D eigenvalue weighted by atomic mass is 10.0. The van der Waals surface area contributed by atoms with Crippen LogP contribution in [0, 0.1) is 0 Å². The van der Waals surface area contributed by atoms with Gasteiger partial charge in [-0.25, -0.2) is 9.50 Å². The fourth-order valence-corrected chi connectivity index (χ4v) is 4.49. The lowest BCUT2D eigenvalue weighted by Crippen LogP contribution is -2.34. The smallest absolute Gasteiger partial charge is 0.246 e. The van der Waals surface area contributed by atoms with Crippen LogP contribution in [-0.4, -0.2) is 70.2 Å². The average molecular weight is 463 g/mol. The number of carbonyl (C=O) groups is 1. The van der Waals surface area contributed by atoms with Crippen LogP contribution < -0.4 is 5.32 Å². The summed E-state index contributed by atoms with van der Waals surface area (Å²) in [6.45, 7) is 8.79. The first-order valence-electron chi connectivity index (χ1n) is 12.0. The molecule has 0 unspecified atom stereocenters. The van der Waals surface area contributed by atoms with Crippen LogP contribution in [0.1, 0.15) is 36.6 Å². The van der Waals surface area contributed by atoms with Crippen LogP contribution in [0.5, 0.6) is 0 Å². The number of aromatic nitrogens is 3. The largest absolute Gasteiger partial charge is 0.382 e. The zero-order chi connectivity index (χ0) is 23.9. The van der Waals surface area contributed by atoms with Crippen molar-refractivity contribution >= 4 is 17.2 Å². The minimum atomic E-state index is -0.0342. The van der Waals surface area contributed by atoms with Crippen LogP contribution in [0.4, 0.5) is 5.82 Å². The number of hydrogen-bond donors (Lipinski definition) is 1. The summed E-state index contributed by atoms with van der Waals surface area (Å²) in [6, 6.07) is 10.2. The lowest BCUT2D eigenvalue weighted by Gasteiger charge is -2.26. The standard InChI is InChI=1S/C26H34N6O2/c1-4-30(5-2)14-9-12-24(33)31-15-13-22-21(16-31)17-32-25(22)26(27-19-28-32)29-23(18-34-3)20-10-7-6-8-11-20/h6-12,17,19,23H,4-5,13-16,18H2,1-3H3,(H,27,28,29)/b12-9+/t23-/m1/s1. The number of nitrogens with zero attached hydrogens (tertiary/aromatic N) is 5. The number of ether oxygens (including phenoxy) is 1. The van der Waals surface area contributed by atoms with Crippen molar-refractivity contribution < 1.29 is 9.53 Å². The molecule has 180 valence electrons. The molecule has 1 aromatic carbocycles. The number of nitrogens with one attached hydrogen (secondary N) is 1. The van der Waals surface area contributed by atoms with Crippen molar-refractivity contribution in [1.82, 2.24) is 24.4 Å². The van der Waals surface area contributed by atoms with E-state index in [0.29, 0.717) is 19.7 Å². The number of carbonyl (C=O) groups excluding carboxylic acids is 1. The molecule has 2 aromatic heterocycles. The zero-order valence-electron chi connectivity index (χ0n) is 20.3. The molecule has 0 spiro atoms. The van der Waals surface area contributed by atoms with Gasteiger partial charge in [0, 0.05) is 39.0 Å². The summed E-state index contributed by atoms with van der Waals surface area (Å²) in [6.07, 6.45) is 8.03. The molecule has 0 radical (unpaired) electrons. The van der Waals surface area contributed by atoms with Crippen molar-refractivity contribution in [1.29, 1.82) is 0 Å². The van der Waals surface area contributed by atoms with Gasteiger partial charge in [-0.1, -0.05) is 50.3 Å². The van der Waals surface area contributed by atoms with Crippen molar-refractivity contribution in [2.45, 2.75) is 32.9 Å². The zero-order valence-corrected chi connectivity index (χ0v) is 20.3. The van der Waals surface area contributed by atoms with E-state index in [2.05, 4.69) is 46.3 Å². The molecule has 3 heterocycles. The predicted molar refractivity (Wildman–Crippen MR) is 134 cm³/mol. The highest BCUT2D eigenvalue weighted by Crippen LogP contribution is 2.30. The molecule has 0 bridgehead atoms. The molecular formula is C26H34N6O2. The van der Waals surface area contributed by atoms with Gasteiger partial charge in [-0.3, -0.25) is 4.79 Å². The van der Waals surface area contributed by atoms with Crippen LogP contribution >= 0.6 is 0 Å². The Kier molecular flexibility index (Phi) is 7.92. The molecule has 1 atom stereocenters. The van der Waals surface area contributed by atoms with E-state index in [1.807, 2.05) is 39.9 Å². The molecule has 8 heteroatoms. The van der Waals surface area contributed by atoms with Gasteiger partial charge in [-0.05, 0) is 36.2 Å². The first kappa shape index (κ1) is 23.9. The van der Waals surface area contributed by atoms with Crippen LogP contribution in [0.25, 0.3) is 5.52 Å². The fraction of sp³-hybridized carbons (Fsp3) is 0.423. The molecule has 1 amide bonds. The van der Waals surface area contributed by atoms with Crippen molar-refractivity contribution in [3.8, 4) is 0 Å². The molecule has 1 aliphatic rings. The van der Waals surface area contributed by atoms with Gasteiger partial charge in [-0.15, -0.1) is 0 Å². The summed E-state index contributed by atoms with van der Waals surface area (Å²) in [7, 11) is 1.70. The molecule has 0 fully saturated rings. The van der Waals surface area contributed by atoms with Crippen LogP contribution in [-0.2, 0) is 22.5 Å². The van der Waals surface area contributed by atoms with Crippen molar-refractivity contribution in [3.63, 3.8) is 0 Å². The SMILES string of the molecule is CCN(CC)C/C=C/C(=O)N1CCc2c(cn3ncnc(N[C@H](COC)c4ccccc4)c23)C1. The topological polar surface area (TPSA) is 75.0 Å². The van der Waals surface area contributed by atoms with E-state index < -0.39 is 0 Å². The molecule has 1 aliphatic heterocycles. The molecular weight excluding hydrogens is 428 g/mol. The molecule has 4 rings (SSSR count). The first-order valence-corrected chi connectivity index (χ1v) is 12.0. The Bertz CT molecular complexity index is 1120. The van der Waals surface area contributed by atoms with Gasteiger partial charge in [0.05, 0.1) is 12.6 Å². The minimum absolute atomic E-state index is 0.0342. The summed E-state index contributed by atoms with van der Waals surface area (Å²) >= 11 is 0. The second-order valence-corrected chi connectivity index (χ2v) is 8.50. The third-order valence-electron chi connectivity index (χ3n) is 6.44. The van der Waals surface area contributed by atoms with E-state index in [1.54, 1.807) is 19.5 Å². The van der Waals surface area contributed by atoms with Gasteiger partial charge < -0.3 is 19.9 Å². The number of likely N-dealkylation sites (N-methyl/N-ethyl adjacent to an activating group) is 1. The van der Waals surface area contributed by atoms with Gasteiger partial charge in [0.15, 0.2) is 5.82 Å². The van der Waals surface area contributed by atoms with Gasteiger partial charge >= 0.3 is 0 Å². The van der Waals surface area contributed by atoms with E-state index in [1.165, 1.54) is 5.56 Å². The maximum Gasteiger partial charge on any atom is 0.246 e. The molecule has 1 N–H and O–H groups in total. The number of methoxy groups -OCH3 is 1. The molecule has 0 saturated carbocycles. The van der Waals surface area contributed by atoms with Gasteiger partial charge in [-0.2, -0.15) is 5.10 Å². The Hall–Kier alpha value is -3.23. The summed E-state index contributed by atoms with van der Waals surface area (Å²) in [5.41, 5.74) is 4.42. The third kappa shape index (κ3) is 5.29. The molecule has 3 aromatic rings. The number of benzene rings is 1. The third-order valence-corrected chi connectivity index (χ3v) is 6.44. The quantitative estimate of drug-likeness (QED) is 0.466. The second-order valence-electron chi connectivity index (χ2n) is 8.50. The molecule has 0 aliphatic carbocycles. The first-order chi connectivity index (χ1) is 16.6. The number of hydrogen-bond acceptors (Lipinski definition) is 6. The predicted octanol–water partition coefficient (Wildman–Crippen LogP) is 3.31. The van der Waals surface area contributed by atoms with E-state index in [4.69, 9.17) is 4.74 Å². The Morgan fingerprint density at radius 3 is 2.79 bits per heavy atom. The maximum absolute atomic E-state index is 12.8. The van der Waals surface area contributed by atoms with Crippen molar-refractivity contribution in [2.24, 2.45) is 0 Å². The molecule has 8 nitrogen and oxygen atoms in total. The highest BCUT2D eigenvalue weighted by molar-refractivity contribution is 5.88. The van der Waals surface area contributed by atoms with Crippen LogP contribution in [0.2, 0.25) is 0 Å². The summed E-state index contributed by atoms with van der Waals surface area (Å²) in [4.78, 5) is 21.5. The number of fused-ring (bicyclic) bond motifs is 3. The summed E-state index contributed by atoms with van der Waals surface area (Å²) in [5.74, 6) is 0.836. The average Bonchev–Trinajstić information content (AvgIpc) is 3.25. The lowest BCUT2D eigenvalue weighted by molar-refractivity contribution is -0.126. The maximum atomic E-state index is 12.8. The number of rotatable bonds is 10. The van der Waals surface area contributed by atoms with E-state index in [-0.39, 0.29) is 11.9 Å². The summed E-state index contributed by atoms with van der Waals surface area (Å²) < 4.78 is 7.35. The normalized spacial score (nSPS) is 14.6.